The van der Waals surface area contributed by atoms with Crippen LogP contribution in [0, 0.1) is 0 Å². The van der Waals surface area contributed by atoms with Gasteiger partial charge in [0.1, 0.15) is 0 Å². The van der Waals surface area contributed by atoms with Crippen LogP contribution in [0.4, 0.5) is 17.1 Å². The van der Waals surface area contributed by atoms with E-state index >= 15 is 0 Å². The van der Waals surface area contributed by atoms with Crippen molar-refractivity contribution in [1.29, 1.82) is 0 Å². The Balaban J connectivity index is 1.29. The third-order valence-corrected chi connectivity index (χ3v) is 7.30. The van der Waals surface area contributed by atoms with Gasteiger partial charge in [0.15, 0.2) is 0 Å². The van der Waals surface area contributed by atoms with E-state index in [2.05, 4.69) is 25.8 Å². The monoisotopic (exact) mass is 488 g/mol. The molecule has 2 amide bonds. The van der Waals surface area contributed by atoms with E-state index in [0.29, 0.717) is 12.8 Å². The van der Waals surface area contributed by atoms with Gasteiger partial charge >= 0.3 is 0 Å². The molecule has 3 heterocycles. The summed E-state index contributed by atoms with van der Waals surface area (Å²) in [5.74, 6) is 0.0621. The van der Waals surface area contributed by atoms with Gasteiger partial charge in [-0.25, -0.2) is 4.98 Å². The van der Waals surface area contributed by atoms with Crippen molar-refractivity contribution >= 4 is 50.7 Å². The summed E-state index contributed by atoms with van der Waals surface area (Å²) in [6, 6.07) is 11.7. The van der Waals surface area contributed by atoms with Crippen LogP contribution in [0.25, 0.3) is 21.8 Å². The molecule has 3 aromatic rings. The second kappa shape index (κ2) is 11.2. The van der Waals surface area contributed by atoms with Crippen molar-refractivity contribution in [3.63, 3.8) is 0 Å². The highest BCUT2D eigenvalue weighted by atomic mass is 16.2. The summed E-state index contributed by atoms with van der Waals surface area (Å²) in [5.41, 5.74) is 4.12. The van der Waals surface area contributed by atoms with E-state index in [-0.39, 0.29) is 11.8 Å². The van der Waals surface area contributed by atoms with Gasteiger partial charge in [-0.05, 0) is 88.3 Å². The molecule has 2 aliphatic rings. The predicted octanol–water partition coefficient (Wildman–Crippen LogP) is 4.28. The minimum atomic E-state index is 0.0287. The molecule has 2 fully saturated rings. The quantitative estimate of drug-likeness (QED) is 0.390. The zero-order chi connectivity index (χ0) is 24.9. The van der Waals surface area contributed by atoms with Gasteiger partial charge in [-0.1, -0.05) is 0 Å². The van der Waals surface area contributed by atoms with Crippen LogP contribution < -0.4 is 16.0 Å². The number of likely N-dealkylation sites (tertiary alicyclic amines) is 2. The van der Waals surface area contributed by atoms with E-state index in [1.807, 2.05) is 43.4 Å². The summed E-state index contributed by atoms with van der Waals surface area (Å²) in [6.07, 6.45) is 5.91. The predicted molar refractivity (Wildman–Crippen MR) is 147 cm³/mol. The van der Waals surface area contributed by atoms with Crippen molar-refractivity contribution in [1.82, 2.24) is 14.8 Å². The van der Waals surface area contributed by atoms with Gasteiger partial charge in [0.2, 0.25) is 11.8 Å². The number of nitrogens with one attached hydrogen (secondary N) is 3. The summed E-state index contributed by atoms with van der Waals surface area (Å²) >= 11 is 0. The van der Waals surface area contributed by atoms with Crippen molar-refractivity contribution in [3.05, 3.63) is 36.4 Å². The van der Waals surface area contributed by atoms with Crippen LogP contribution in [-0.2, 0) is 9.59 Å². The normalized spacial score (nSPS) is 16.6. The molecule has 0 radical (unpaired) electrons. The van der Waals surface area contributed by atoms with Crippen molar-refractivity contribution in [3.8, 4) is 0 Å². The number of carbonyl (C=O) groups is 2. The van der Waals surface area contributed by atoms with E-state index in [0.717, 1.165) is 78.1 Å². The first-order valence-electron chi connectivity index (χ1n) is 13.2. The zero-order valence-electron chi connectivity index (χ0n) is 21.1. The summed E-state index contributed by atoms with van der Waals surface area (Å²) in [7, 11) is 1.89. The minimum absolute atomic E-state index is 0.0287. The second-order valence-corrected chi connectivity index (χ2v) is 9.89. The Bertz CT molecular complexity index is 1250. The van der Waals surface area contributed by atoms with Crippen molar-refractivity contribution in [2.24, 2.45) is 0 Å². The van der Waals surface area contributed by atoms with Crippen molar-refractivity contribution in [2.75, 3.05) is 62.3 Å². The average Bonchev–Trinajstić information content (AvgIpc) is 3.59. The molecule has 0 saturated carbocycles. The SMILES string of the molecule is CNc1c2ccc(NC(=O)CCN3CCCC3)cc2nc2ccc(NC(=O)CCN3CCCC3)cc12. The van der Waals surface area contributed by atoms with E-state index in [1.54, 1.807) is 0 Å². The molecular formula is C28H36N6O2. The maximum atomic E-state index is 12.5. The fourth-order valence-corrected chi connectivity index (χ4v) is 5.35. The van der Waals surface area contributed by atoms with Gasteiger partial charge in [-0.3, -0.25) is 9.59 Å². The third-order valence-electron chi connectivity index (χ3n) is 7.30. The molecule has 0 atom stereocenters. The molecule has 0 aliphatic carbocycles. The Morgan fingerprint density at radius 1 is 0.750 bits per heavy atom. The fourth-order valence-electron chi connectivity index (χ4n) is 5.35. The maximum absolute atomic E-state index is 12.5. The Labute approximate surface area is 212 Å². The molecule has 2 saturated heterocycles. The van der Waals surface area contributed by atoms with Gasteiger partial charge in [-0.15, -0.1) is 0 Å². The van der Waals surface area contributed by atoms with Crippen LogP contribution >= 0.6 is 0 Å². The molecule has 0 unspecified atom stereocenters. The number of rotatable bonds is 9. The minimum Gasteiger partial charge on any atom is -0.387 e. The number of pyridine rings is 1. The van der Waals surface area contributed by atoms with Crippen LogP contribution in [0.2, 0.25) is 0 Å². The molecular weight excluding hydrogens is 452 g/mol. The summed E-state index contributed by atoms with van der Waals surface area (Å²) in [6.45, 7) is 6.00. The molecule has 2 aromatic carbocycles. The standard InChI is InChI=1S/C28H36N6O2/c1-29-28-22-8-6-21(31-27(36)11-17-34-14-4-5-15-34)19-25(22)32-24-9-7-20(18-23(24)28)30-26(35)10-16-33-12-2-3-13-33/h6-9,18-19H,2-5,10-17H2,1H3,(H,29,32)(H,30,35)(H,31,36). The topological polar surface area (TPSA) is 89.6 Å². The van der Waals surface area contributed by atoms with E-state index in [9.17, 15) is 9.59 Å². The molecule has 36 heavy (non-hydrogen) atoms. The first-order chi connectivity index (χ1) is 17.6. The first kappa shape index (κ1) is 24.5. The number of hydrogen-bond donors (Lipinski definition) is 3. The number of carbonyl (C=O) groups excluding carboxylic acids is 2. The van der Waals surface area contributed by atoms with Gasteiger partial charge in [0, 0.05) is 55.1 Å². The van der Waals surface area contributed by atoms with Gasteiger partial charge in [-0.2, -0.15) is 0 Å². The molecule has 190 valence electrons. The zero-order valence-corrected chi connectivity index (χ0v) is 21.1. The van der Waals surface area contributed by atoms with E-state index in [1.165, 1.54) is 25.7 Å². The average molecular weight is 489 g/mol. The molecule has 3 N–H and O–H groups in total. The van der Waals surface area contributed by atoms with Gasteiger partial charge < -0.3 is 25.8 Å². The summed E-state index contributed by atoms with van der Waals surface area (Å²) < 4.78 is 0. The lowest BCUT2D eigenvalue weighted by Crippen LogP contribution is -2.25. The smallest absolute Gasteiger partial charge is 0.225 e. The molecule has 2 aliphatic heterocycles. The molecule has 8 heteroatoms. The Morgan fingerprint density at radius 3 is 1.89 bits per heavy atom. The Morgan fingerprint density at radius 2 is 1.31 bits per heavy atom. The van der Waals surface area contributed by atoms with Crippen LogP contribution in [0.15, 0.2) is 36.4 Å². The number of aromatic nitrogens is 1. The van der Waals surface area contributed by atoms with Crippen molar-refractivity contribution in [2.45, 2.75) is 38.5 Å². The summed E-state index contributed by atoms with van der Waals surface area (Å²) in [5, 5.41) is 11.3. The molecule has 0 bridgehead atoms. The number of amides is 2. The van der Waals surface area contributed by atoms with Gasteiger partial charge in [0.25, 0.3) is 0 Å². The lowest BCUT2D eigenvalue weighted by atomic mass is 10.1. The fraction of sp³-hybridized carbons (Fsp3) is 0.464. The van der Waals surface area contributed by atoms with Crippen LogP contribution in [0.5, 0.6) is 0 Å². The molecule has 8 nitrogen and oxygen atoms in total. The summed E-state index contributed by atoms with van der Waals surface area (Å²) in [4.78, 5) is 34.5. The highest BCUT2D eigenvalue weighted by Gasteiger charge is 2.15. The number of hydrogen-bond acceptors (Lipinski definition) is 6. The largest absolute Gasteiger partial charge is 0.387 e. The van der Waals surface area contributed by atoms with E-state index < -0.39 is 0 Å². The first-order valence-corrected chi connectivity index (χ1v) is 13.2. The third kappa shape index (κ3) is 5.77. The molecule has 0 spiro atoms. The number of fused-ring (bicyclic) bond motifs is 2. The second-order valence-electron chi connectivity index (χ2n) is 9.89. The Hall–Kier alpha value is -3.23. The number of nitrogens with zero attached hydrogens (tertiary/aromatic N) is 3. The van der Waals surface area contributed by atoms with Crippen LogP contribution in [0.3, 0.4) is 0 Å². The Kier molecular flexibility index (Phi) is 7.63. The maximum Gasteiger partial charge on any atom is 0.225 e. The highest BCUT2D eigenvalue weighted by molar-refractivity contribution is 6.09. The van der Waals surface area contributed by atoms with Crippen molar-refractivity contribution < 1.29 is 9.59 Å². The molecule has 1 aromatic heterocycles. The van der Waals surface area contributed by atoms with E-state index in [4.69, 9.17) is 4.98 Å². The lowest BCUT2D eigenvalue weighted by Gasteiger charge is -2.15. The lowest BCUT2D eigenvalue weighted by molar-refractivity contribution is -0.117. The van der Waals surface area contributed by atoms with Gasteiger partial charge in [0.05, 0.1) is 16.7 Å². The van der Waals surface area contributed by atoms with Crippen LogP contribution in [0.1, 0.15) is 38.5 Å². The van der Waals surface area contributed by atoms with Crippen LogP contribution in [-0.4, -0.2) is 72.9 Å². The highest BCUT2D eigenvalue weighted by Crippen LogP contribution is 2.33. The molecule has 5 rings (SSSR count). The number of anilines is 3. The number of benzene rings is 2.